The van der Waals surface area contributed by atoms with Gasteiger partial charge in [0.15, 0.2) is 11.5 Å². The highest BCUT2D eigenvalue weighted by Gasteiger charge is 2.22. The van der Waals surface area contributed by atoms with Crippen LogP contribution in [-0.4, -0.2) is 32.7 Å². The molecule has 26 heavy (non-hydrogen) atoms. The fourth-order valence-electron chi connectivity index (χ4n) is 2.30. The molecule has 136 valence electrons. The van der Waals surface area contributed by atoms with Gasteiger partial charge < -0.3 is 20.5 Å². The van der Waals surface area contributed by atoms with Gasteiger partial charge in [-0.25, -0.2) is 4.98 Å². The number of carbonyl (C=O) groups excluding carboxylic acids is 1. The van der Waals surface area contributed by atoms with Crippen LogP contribution in [0.4, 0.5) is 0 Å². The molecule has 2 heterocycles. The fourth-order valence-corrected chi connectivity index (χ4v) is 2.97. The number of aromatic hydroxyl groups is 1. The van der Waals surface area contributed by atoms with Crippen molar-refractivity contribution in [2.75, 3.05) is 6.61 Å². The minimum Gasteiger partial charge on any atom is -0.501 e. The van der Waals surface area contributed by atoms with Crippen molar-refractivity contribution in [2.24, 2.45) is 0 Å². The van der Waals surface area contributed by atoms with E-state index in [-0.39, 0.29) is 25.6 Å². The van der Waals surface area contributed by atoms with E-state index >= 15 is 0 Å². The highest BCUT2D eigenvalue weighted by atomic mass is 32.1. The summed E-state index contributed by atoms with van der Waals surface area (Å²) in [7, 11) is 0. The number of aromatic amines is 1. The van der Waals surface area contributed by atoms with E-state index in [0.717, 1.165) is 0 Å². The summed E-state index contributed by atoms with van der Waals surface area (Å²) in [6.07, 6.45) is 0. The molecule has 7 nitrogen and oxygen atoms in total. The molecule has 0 aliphatic heterocycles. The van der Waals surface area contributed by atoms with E-state index in [1.807, 2.05) is 6.07 Å². The number of nitrogens with zero attached hydrogens (tertiary/aromatic N) is 1. The third-order valence-electron chi connectivity index (χ3n) is 3.55. The lowest BCUT2D eigenvalue weighted by atomic mass is 10.1. The van der Waals surface area contributed by atoms with Crippen molar-refractivity contribution in [3.63, 3.8) is 0 Å². The molecule has 0 fully saturated rings. The third kappa shape index (κ3) is 3.98. The summed E-state index contributed by atoms with van der Waals surface area (Å²) in [5.41, 5.74) is -0.494. The molecule has 0 saturated carbocycles. The number of aliphatic hydroxyl groups is 1. The summed E-state index contributed by atoms with van der Waals surface area (Å²) in [6.45, 7) is -0.336. The average molecular weight is 373 g/mol. The van der Waals surface area contributed by atoms with Crippen molar-refractivity contribution < 1.29 is 15.0 Å². The van der Waals surface area contributed by atoms with Crippen LogP contribution in [0.5, 0.6) is 5.75 Å². The van der Waals surface area contributed by atoms with Crippen LogP contribution in [-0.2, 0) is 0 Å². The van der Waals surface area contributed by atoms with Crippen molar-refractivity contribution >= 4 is 17.2 Å². The summed E-state index contributed by atoms with van der Waals surface area (Å²) in [4.78, 5) is 31.6. The van der Waals surface area contributed by atoms with Crippen molar-refractivity contribution in [1.29, 1.82) is 0 Å². The Kier molecular flexibility index (Phi) is 6.26. The molecular weight excluding hydrogens is 354 g/mol. The van der Waals surface area contributed by atoms with E-state index in [1.54, 1.807) is 41.8 Å². The summed E-state index contributed by atoms with van der Waals surface area (Å²) >= 11 is 1.34. The minimum atomic E-state index is -0.802. The zero-order chi connectivity index (χ0) is 17.8. The minimum absolute atomic E-state index is 0. The van der Waals surface area contributed by atoms with Gasteiger partial charge in [-0.05, 0) is 17.0 Å². The Hall–Kier alpha value is -2.97. The Morgan fingerprint density at radius 3 is 2.58 bits per heavy atom. The molecule has 1 atom stereocenters. The molecular formula is C18H19N3O4S. The van der Waals surface area contributed by atoms with Crippen LogP contribution in [0.25, 0.3) is 10.7 Å². The number of hydrogen-bond donors (Lipinski definition) is 4. The van der Waals surface area contributed by atoms with Gasteiger partial charge in [-0.1, -0.05) is 43.8 Å². The average Bonchev–Trinajstić information content (AvgIpc) is 3.17. The van der Waals surface area contributed by atoms with E-state index in [1.165, 1.54) is 11.3 Å². The number of rotatable bonds is 5. The number of amides is 1. The van der Waals surface area contributed by atoms with Crippen molar-refractivity contribution in [1.82, 2.24) is 15.3 Å². The summed E-state index contributed by atoms with van der Waals surface area (Å²) in [6, 6.07) is 11.7. The Morgan fingerprint density at radius 1 is 1.23 bits per heavy atom. The zero-order valence-electron chi connectivity index (χ0n) is 13.0. The molecule has 0 saturated heterocycles. The van der Waals surface area contributed by atoms with Crippen LogP contribution in [0.3, 0.4) is 0 Å². The maximum Gasteiger partial charge on any atom is 0.294 e. The number of aliphatic hydroxyl groups excluding tert-OH is 1. The number of benzene rings is 1. The fraction of sp³-hybridized carbons (Fsp3) is 0.167. The lowest BCUT2D eigenvalue weighted by Gasteiger charge is -2.16. The second kappa shape index (κ2) is 8.41. The number of hydrogen-bond acceptors (Lipinski definition) is 6. The number of carbonyl (C=O) groups is 1. The van der Waals surface area contributed by atoms with Crippen LogP contribution in [0.15, 0.2) is 52.6 Å². The van der Waals surface area contributed by atoms with E-state index in [9.17, 15) is 19.8 Å². The van der Waals surface area contributed by atoms with E-state index < -0.39 is 23.3 Å². The van der Waals surface area contributed by atoms with Gasteiger partial charge in [0.2, 0.25) is 5.75 Å². The van der Waals surface area contributed by atoms with E-state index in [0.29, 0.717) is 10.4 Å². The lowest BCUT2D eigenvalue weighted by molar-refractivity contribution is 0.0907. The Balaban J connectivity index is 0.00000243. The molecule has 0 aliphatic rings. The maximum atomic E-state index is 12.5. The highest BCUT2D eigenvalue weighted by Crippen LogP contribution is 2.22. The van der Waals surface area contributed by atoms with Gasteiger partial charge in [0, 0.05) is 0 Å². The van der Waals surface area contributed by atoms with Gasteiger partial charge in [-0.3, -0.25) is 9.59 Å². The third-order valence-corrected chi connectivity index (χ3v) is 4.43. The van der Waals surface area contributed by atoms with Gasteiger partial charge in [-0.2, -0.15) is 0 Å². The molecule has 0 aliphatic carbocycles. The monoisotopic (exact) mass is 373 g/mol. The Bertz CT molecular complexity index is 923. The normalized spacial score (nSPS) is 11.4. The number of nitrogens with one attached hydrogen (secondary N) is 2. The first kappa shape index (κ1) is 19.4. The van der Waals surface area contributed by atoms with Gasteiger partial charge in [0.05, 0.1) is 17.5 Å². The first-order valence-corrected chi connectivity index (χ1v) is 8.32. The predicted molar refractivity (Wildman–Crippen MR) is 100 cm³/mol. The molecule has 3 aromatic rings. The summed E-state index contributed by atoms with van der Waals surface area (Å²) in [5, 5.41) is 23.8. The van der Waals surface area contributed by atoms with Crippen LogP contribution in [0, 0.1) is 0 Å². The molecule has 0 unspecified atom stereocenters. The van der Waals surface area contributed by atoms with Crippen molar-refractivity contribution in [3.8, 4) is 16.5 Å². The molecule has 0 radical (unpaired) electrons. The SMILES string of the molecule is C.O=C(N[C@@H](CO)c1ccccc1)c1nc(-c2cccs2)[nH]c(=O)c1O. The smallest absolute Gasteiger partial charge is 0.294 e. The topological polar surface area (TPSA) is 115 Å². The van der Waals surface area contributed by atoms with Gasteiger partial charge in [0.1, 0.15) is 0 Å². The zero-order valence-corrected chi connectivity index (χ0v) is 13.8. The van der Waals surface area contributed by atoms with E-state index in [4.69, 9.17) is 0 Å². The van der Waals surface area contributed by atoms with Crippen LogP contribution in [0.1, 0.15) is 29.5 Å². The first-order valence-electron chi connectivity index (χ1n) is 7.44. The maximum absolute atomic E-state index is 12.5. The highest BCUT2D eigenvalue weighted by molar-refractivity contribution is 7.13. The molecule has 8 heteroatoms. The Morgan fingerprint density at radius 2 is 1.96 bits per heavy atom. The standard InChI is InChI=1S/C17H15N3O4S.CH4/c21-9-11(10-5-2-1-3-6-10)18-16(23)13-14(22)17(24)20-15(19-13)12-7-4-8-25-12;/h1-8,11,21-22H,9H2,(H,18,23)(H,19,20,24);1H4/t11-;/m0./s1. The van der Waals surface area contributed by atoms with Gasteiger partial charge in [-0.15, -0.1) is 11.3 Å². The number of H-pyrrole nitrogens is 1. The Labute approximate surface area is 154 Å². The molecule has 0 spiro atoms. The number of thiophene rings is 1. The molecule has 4 N–H and O–H groups in total. The summed E-state index contributed by atoms with van der Waals surface area (Å²) < 4.78 is 0. The second-order valence-electron chi connectivity index (χ2n) is 5.21. The van der Waals surface area contributed by atoms with Crippen LogP contribution >= 0.6 is 11.3 Å². The molecule has 1 aromatic carbocycles. The van der Waals surface area contributed by atoms with Gasteiger partial charge >= 0.3 is 0 Å². The van der Waals surface area contributed by atoms with Gasteiger partial charge in [0.25, 0.3) is 11.5 Å². The predicted octanol–water partition coefficient (Wildman–Crippen LogP) is 2.30. The molecule has 2 aromatic heterocycles. The number of aromatic nitrogens is 2. The molecule has 0 bridgehead atoms. The van der Waals surface area contributed by atoms with Crippen molar-refractivity contribution in [3.05, 3.63) is 69.5 Å². The van der Waals surface area contributed by atoms with Crippen molar-refractivity contribution in [2.45, 2.75) is 13.5 Å². The molecule has 3 rings (SSSR count). The summed E-state index contributed by atoms with van der Waals surface area (Å²) in [5.74, 6) is -1.31. The van der Waals surface area contributed by atoms with Crippen LogP contribution in [0.2, 0.25) is 0 Å². The van der Waals surface area contributed by atoms with E-state index in [2.05, 4.69) is 15.3 Å². The lowest BCUT2D eigenvalue weighted by Crippen LogP contribution is -2.32. The molecule has 1 amide bonds. The first-order chi connectivity index (χ1) is 12.1. The second-order valence-corrected chi connectivity index (χ2v) is 6.16. The quantitative estimate of drug-likeness (QED) is 0.548. The van der Waals surface area contributed by atoms with Crippen LogP contribution < -0.4 is 10.9 Å². The largest absolute Gasteiger partial charge is 0.501 e.